The normalized spacial score (nSPS) is 11.8. The molecule has 0 saturated heterocycles. The zero-order chi connectivity index (χ0) is 38.2. The minimum absolute atomic E-state index is 0.869. The van der Waals surface area contributed by atoms with Crippen molar-refractivity contribution in [2.75, 3.05) is 4.90 Å². The monoisotopic (exact) mass is 742 g/mol. The summed E-state index contributed by atoms with van der Waals surface area (Å²) < 4.78 is 15.5. The molecule has 0 aliphatic carbocycles. The fourth-order valence-electron chi connectivity index (χ4n) is 8.93. The third kappa shape index (κ3) is 5.02. The van der Waals surface area contributed by atoms with E-state index in [0.29, 0.717) is 0 Å². The first kappa shape index (κ1) is 32.4. The van der Waals surface area contributed by atoms with Gasteiger partial charge in [0.2, 0.25) is 0 Å². The smallest absolute Gasteiger partial charge is 0.143 e. The SMILES string of the molecule is c1ccc(N(c2ccc(-c3cccc4c3oc3ccccc34)cc2)c2cc(-c3ccc(-n4c5ccccc5c5ccccc54)cc3)c3oc4ccccc4c3c2)cc1. The largest absolute Gasteiger partial charge is 0.455 e. The molecule has 0 aliphatic heterocycles. The Hall–Kier alpha value is -7.82. The maximum Gasteiger partial charge on any atom is 0.143 e. The lowest BCUT2D eigenvalue weighted by Crippen LogP contribution is -2.10. The zero-order valence-corrected chi connectivity index (χ0v) is 31.3. The topological polar surface area (TPSA) is 34.5 Å². The van der Waals surface area contributed by atoms with Crippen molar-refractivity contribution in [1.29, 1.82) is 0 Å². The molecule has 0 radical (unpaired) electrons. The maximum atomic E-state index is 6.69. The van der Waals surface area contributed by atoms with Gasteiger partial charge in [0.1, 0.15) is 22.3 Å². The predicted octanol–water partition coefficient (Wildman–Crippen LogP) is 15.4. The van der Waals surface area contributed by atoms with E-state index in [-0.39, 0.29) is 0 Å². The number of para-hydroxylation sites is 6. The summed E-state index contributed by atoms with van der Waals surface area (Å²) in [5.41, 5.74) is 14.5. The Labute approximate surface area is 334 Å². The second-order valence-electron chi connectivity index (χ2n) is 14.9. The molecular formula is C54H34N2O2. The second-order valence-corrected chi connectivity index (χ2v) is 14.9. The van der Waals surface area contributed by atoms with Gasteiger partial charge in [-0.15, -0.1) is 0 Å². The fraction of sp³-hybridized carbons (Fsp3) is 0. The van der Waals surface area contributed by atoms with Crippen LogP contribution in [-0.4, -0.2) is 4.57 Å². The molecule has 0 amide bonds. The standard InChI is InChI=1S/C54H34N2O2/c1-2-13-37(14-3-1)55(38-29-25-35(26-30-38)41-19-12-20-46-44-17-6-10-23-51(44)57-53(41)46)40-33-47(54-48(34-40)45-18-7-11-24-52(45)58-54)36-27-31-39(32-28-36)56-49-21-8-4-15-42(49)43-16-5-9-22-50(43)56/h1-34H. The minimum Gasteiger partial charge on any atom is -0.455 e. The molecule has 3 heterocycles. The molecule has 58 heavy (non-hydrogen) atoms. The fourth-order valence-corrected chi connectivity index (χ4v) is 8.93. The van der Waals surface area contributed by atoms with Gasteiger partial charge in [0.15, 0.2) is 0 Å². The highest BCUT2D eigenvalue weighted by atomic mass is 16.3. The summed E-state index contributed by atoms with van der Waals surface area (Å²) in [6.45, 7) is 0. The summed E-state index contributed by atoms with van der Waals surface area (Å²) >= 11 is 0. The Morgan fingerprint density at radius 2 is 0.828 bits per heavy atom. The van der Waals surface area contributed by atoms with Crippen LogP contribution in [0.25, 0.3) is 93.6 Å². The van der Waals surface area contributed by atoms with E-state index < -0.39 is 0 Å². The maximum absolute atomic E-state index is 6.69. The van der Waals surface area contributed by atoms with Crippen molar-refractivity contribution in [2.24, 2.45) is 0 Å². The quantitative estimate of drug-likeness (QED) is 0.170. The van der Waals surface area contributed by atoms with Crippen LogP contribution in [0.15, 0.2) is 215 Å². The van der Waals surface area contributed by atoms with Crippen molar-refractivity contribution in [3.05, 3.63) is 206 Å². The van der Waals surface area contributed by atoms with Crippen molar-refractivity contribution >= 4 is 82.7 Å². The predicted molar refractivity (Wildman–Crippen MR) is 241 cm³/mol. The molecule has 12 aromatic rings. The van der Waals surface area contributed by atoms with Gasteiger partial charge in [-0.05, 0) is 83.9 Å². The molecule has 0 aliphatic rings. The molecule has 3 aromatic heterocycles. The first-order valence-electron chi connectivity index (χ1n) is 19.7. The van der Waals surface area contributed by atoms with Crippen LogP contribution in [-0.2, 0) is 0 Å². The number of fused-ring (bicyclic) bond motifs is 9. The third-order valence-corrected chi connectivity index (χ3v) is 11.6. The summed E-state index contributed by atoms with van der Waals surface area (Å²) in [6.07, 6.45) is 0. The van der Waals surface area contributed by atoms with Gasteiger partial charge in [-0.25, -0.2) is 0 Å². The number of aromatic nitrogens is 1. The van der Waals surface area contributed by atoms with Crippen LogP contribution in [0, 0.1) is 0 Å². The van der Waals surface area contributed by atoms with Gasteiger partial charge in [-0.1, -0.05) is 133 Å². The lowest BCUT2D eigenvalue weighted by molar-refractivity contribution is 0.669. The molecule has 4 nitrogen and oxygen atoms in total. The summed E-state index contributed by atoms with van der Waals surface area (Å²) in [6, 6.07) is 73.1. The average molecular weight is 743 g/mol. The second kappa shape index (κ2) is 12.9. The van der Waals surface area contributed by atoms with Gasteiger partial charge >= 0.3 is 0 Å². The Morgan fingerprint density at radius 3 is 1.50 bits per heavy atom. The number of anilines is 3. The van der Waals surface area contributed by atoms with Crippen LogP contribution in [0.5, 0.6) is 0 Å². The highest BCUT2D eigenvalue weighted by Crippen LogP contribution is 2.44. The Morgan fingerprint density at radius 1 is 0.328 bits per heavy atom. The van der Waals surface area contributed by atoms with E-state index >= 15 is 0 Å². The van der Waals surface area contributed by atoms with Crippen LogP contribution in [0.2, 0.25) is 0 Å². The van der Waals surface area contributed by atoms with Gasteiger partial charge in [0, 0.05) is 66.2 Å². The van der Waals surface area contributed by atoms with Gasteiger partial charge in [0.25, 0.3) is 0 Å². The molecule has 9 aromatic carbocycles. The highest BCUT2D eigenvalue weighted by Gasteiger charge is 2.21. The molecule has 0 bridgehead atoms. The van der Waals surface area contributed by atoms with E-state index in [4.69, 9.17) is 8.83 Å². The molecule has 4 heteroatoms. The molecule has 272 valence electrons. The highest BCUT2D eigenvalue weighted by molar-refractivity contribution is 6.13. The van der Waals surface area contributed by atoms with E-state index in [9.17, 15) is 0 Å². The summed E-state index contributed by atoms with van der Waals surface area (Å²) in [5, 5.41) is 6.91. The van der Waals surface area contributed by atoms with Crippen molar-refractivity contribution in [2.45, 2.75) is 0 Å². The molecular weight excluding hydrogens is 709 g/mol. The number of nitrogens with zero attached hydrogens (tertiary/aromatic N) is 2. The van der Waals surface area contributed by atoms with Gasteiger partial charge in [-0.3, -0.25) is 0 Å². The van der Waals surface area contributed by atoms with E-state index in [1.807, 2.05) is 18.2 Å². The molecule has 0 atom stereocenters. The molecule has 0 spiro atoms. The van der Waals surface area contributed by atoms with Crippen LogP contribution in [0.3, 0.4) is 0 Å². The van der Waals surface area contributed by atoms with Gasteiger partial charge in [-0.2, -0.15) is 0 Å². The molecule has 0 unspecified atom stereocenters. The summed E-state index contributed by atoms with van der Waals surface area (Å²) in [4.78, 5) is 2.34. The van der Waals surface area contributed by atoms with Crippen LogP contribution in [0.1, 0.15) is 0 Å². The van der Waals surface area contributed by atoms with Crippen molar-refractivity contribution < 1.29 is 8.83 Å². The molecule has 0 fully saturated rings. The lowest BCUT2D eigenvalue weighted by Gasteiger charge is -2.26. The number of rotatable bonds is 6. The van der Waals surface area contributed by atoms with Crippen molar-refractivity contribution in [1.82, 2.24) is 4.57 Å². The summed E-state index contributed by atoms with van der Waals surface area (Å²) in [5.74, 6) is 0. The lowest BCUT2D eigenvalue weighted by atomic mass is 9.99. The first-order valence-corrected chi connectivity index (χ1v) is 19.7. The number of benzene rings is 9. The van der Waals surface area contributed by atoms with Gasteiger partial charge < -0.3 is 18.3 Å². The van der Waals surface area contributed by atoms with E-state index in [1.165, 1.54) is 21.8 Å². The Kier molecular flexibility index (Phi) is 7.20. The number of hydrogen-bond donors (Lipinski definition) is 0. The number of hydrogen-bond acceptors (Lipinski definition) is 3. The van der Waals surface area contributed by atoms with Crippen LogP contribution in [0.4, 0.5) is 17.1 Å². The summed E-state index contributed by atoms with van der Waals surface area (Å²) in [7, 11) is 0. The van der Waals surface area contributed by atoms with E-state index in [2.05, 4.69) is 198 Å². The van der Waals surface area contributed by atoms with E-state index in [1.54, 1.807) is 0 Å². The minimum atomic E-state index is 0.869. The van der Waals surface area contributed by atoms with Gasteiger partial charge in [0.05, 0.1) is 11.0 Å². The molecule has 12 rings (SSSR count). The first-order chi connectivity index (χ1) is 28.8. The van der Waals surface area contributed by atoms with Crippen molar-refractivity contribution in [3.8, 4) is 27.9 Å². The van der Waals surface area contributed by atoms with E-state index in [0.717, 1.165) is 88.9 Å². The van der Waals surface area contributed by atoms with Crippen molar-refractivity contribution in [3.63, 3.8) is 0 Å². The zero-order valence-electron chi connectivity index (χ0n) is 31.3. The average Bonchev–Trinajstić information content (AvgIpc) is 3.97. The molecule has 0 N–H and O–H groups in total. The third-order valence-electron chi connectivity index (χ3n) is 11.6. The van der Waals surface area contributed by atoms with Crippen LogP contribution >= 0.6 is 0 Å². The Bertz CT molecular complexity index is 3450. The van der Waals surface area contributed by atoms with Crippen LogP contribution < -0.4 is 4.90 Å². The Balaban J connectivity index is 1.01. The number of furan rings is 2. The molecule has 0 saturated carbocycles.